The first-order chi connectivity index (χ1) is 12.1. The van der Waals surface area contributed by atoms with Gasteiger partial charge in [-0.1, -0.05) is 13.0 Å². The lowest BCUT2D eigenvalue weighted by Gasteiger charge is -2.45. The summed E-state index contributed by atoms with van der Waals surface area (Å²) >= 11 is 0. The fraction of sp³-hybridized carbons (Fsp3) is 0.737. The number of aromatic nitrogens is 1. The largest absolute Gasteiger partial charge is 0.391 e. The number of rotatable bonds is 7. The Bertz CT molecular complexity index is 543. The van der Waals surface area contributed by atoms with E-state index >= 15 is 0 Å². The van der Waals surface area contributed by atoms with Crippen LogP contribution < -0.4 is 0 Å². The maximum Gasteiger partial charge on any atom is 0.109 e. The van der Waals surface area contributed by atoms with Gasteiger partial charge in [-0.3, -0.25) is 9.88 Å². The van der Waals surface area contributed by atoms with Crippen LogP contribution in [0.3, 0.4) is 0 Å². The molecule has 1 aromatic heterocycles. The maximum atomic E-state index is 11.4. The Hall–Kier alpha value is -1.05. The molecule has 1 saturated carbocycles. The number of pyridine rings is 1. The Balaban J connectivity index is 1.76. The second-order valence-electron chi connectivity index (χ2n) is 7.25. The van der Waals surface area contributed by atoms with Gasteiger partial charge < -0.3 is 19.7 Å². The lowest BCUT2D eigenvalue weighted by atomic mass is 9.81. The second kappa shape index (κ2) is 8.10. The minimum absolute atomic E-state index is 0.00940. The smallest absolute Gasteiger partial charge is 0.109 e. The predicted molar refractivity (Wildman–Crippen MR) is 94.1 cm³/mol. The number of ether oxygens (including phenoxy) is 2. The highest BCUT2D eigenvalue weighted by Crippen LogP contribution is 2.48. The number of fused-ring (bicyclic) bond motifs is 1. The van der Waals surface area contributed by atoms with Crippen molar-refractivity contribution in [2.24, 2.45) is 5.92 Å². The van der Waals surface area contributed by atoms with Crippen molar-refractivity contribution in [1.29, 1.82) is 0 Å². The van der Waals surface area contributed by atoms with Gasteiger partial charge in [0, 0.05) is 19.9 Å². The molecule has 1 aromatic rings. The van der Waals surface area contributed by atoms with Crippen molar-refractivity contribution < 1.29 is 19.7 Å². The van der Waals surface area contributed by atoms with Crippen LogP contribution >= 0.6 is 0 Å². The van der Waals surface area contributed by atoms with Crippen molar-refractivity contribution in [2.45, 2.75) is 50.0 Å². The third-order valence-corrected chi connectivity index (χ3v) is 5.63. The van der Waals surface area contributed by atoms with Gasteiger partial charge in [0.15, 0.2) is 0 Å². The van der Waals surface area contributed by atoms with Crippen LogP contribution in [0.15, 0.2) is 24.4 Å². The fourth-order valence-electron chi connectivity index (χ4n) is 4.48. The van der Waals surface area contributed by atoms with E-state index in [-0.39, 0.29) is 24.7 Å². The molecular weight excluding hydrogens is 320 g/mol. The first-order valence-electron chi connectivity index (χ1n) is 9.26. The average molecular weight is 350 g/mol. The molecule has 1 aliphatic carbocycles. The summed E-state index contributed by atoms with van der Waals surface area (Å²) in [5, 5.41) is 22.1. The summed E-state index contributed by atoms with van der Waals surface area (Å²) in [6.07, 6.45) is 3.34. The molecule has 0 amide bonds. The molecule has 0 unspecified atom stereocenters. The van der Waals surface area contributed by atoms with Crippen LogP contribution in [0.4, 0.5) is 0 Å². The van der Waals surface area contributed by atoms with E-state index in [4.69, 9.17) is 9.47 Å². The van der Waals surface area contributed by atoms with Crippen molar-refractivity contribution in [3.05, 3.63) is 30.1 Å². The van der Waals surface area contributed by atoms with Crippen LogP contribution in [0.5, 0.6) is 0 Å². The van der Waals surface area contributed by atoms with Crippen LogP contribution in [0.2, 0.25) is 0 Å². The number of methoxy groups -OCH3 is 1. The predicted octanol–water partition coefficient (Wildman–Crippen LogP) is 1.38. The molecule has 2 fully saturated rings. The molecule has 0 bridgehead atoms. The molecule has 1 saturated heterocycles. The van der Waals surface area contributed by atoms with Crippen molar-refractivity contribution >= 4 is 0 Å². The highest BCUT2D eigenvalue weighted by molar-refractivity contribution is 5.15. The minimum Gasteiger partial charge on any atom is -0.391 e. The lowest BCUT2D eigenvalue weighted by molar-refractivity contribution is -0.175. The molecule has 25 heavy (non-hydrogen) atoms. The molecule has 0 radical (unpaired) electrons. The molecule has 2 N–H and O–H groups in total. The van der Waals surface area contributed by atoms with Crippen LogP contribution in [0, 0.1) is 5.92 Å². The van der Waals surface area contributed by atoms with Gasteiger partial charge in [0.05, 0.1) is 37.2 Å². The summed E-state index contributed by atoms with van der Waals surface area (Å²) in [5.74, 6) is 0.00940. The summed E-state index contributed by atoms with van der Waals surface area (Å²) in [6, 6.07) is 5.49. The summed E-state index contributed by atoms with van der Waals surface area (Å²) in [7, 11) is 1.67. The van der Waals surface area contributed by atoms with E-state index in [1.54, 1.807) is 13.3 Å². The number of nitrogens with zero attached hydrogens (tertiary/aromatic N) is 2. The number of aliphatic hydroxyl groups excluding tert-OH is 1. The molecule has 2 heterocycles. The monoisotopic (exact) mass is 350 g/mol. The van der Waals surface area contributed by atoms with E-state index in [9.17, 15) is 10.2 Å². The Kier molecular flexibility index (Phi) is 6.07. The van der Waals surface area contributed by atoms with Gasteiger partial charge in [-0.15, -0.1) is 0 Å². The van der Waals surface area contributed by atoms with Gasteiger partial charge >= 0.3 is 0 Å². The summed E-state index contributed by atoms with van der Waals surface area (Å²) < 4.78 is 11.2. The molecular formula is C19H30N2O4. The van der Waals surface area contributed by atoms with E-state index in [0.717, 1.165) is 18.7 Å². The number of hydrogen-bond acceptors (Lipinski definition) is 6. The van der Waals surface area contributed by atoms with Gasteiger partial charge in [-0.25, -0.2) is 0 Å². The molecule has 1 aliphatic heterocycles. The Morgan fingerprint density at radius 3 is 2.88 bits per heavy atom. The first kappa shape index (κ1) is 18.7. The summed E-state index contributed by atoms with van der Waals surface area (Å²) in [4.78, 5) is 6.55. The van der Waals surface area contributed by atoms with E-state index in [1.807, 2.05) is 18.2 Å². The number of aliphatic hydroxyl groups is 2. The van der Waals surface area contributed by atoms with E-state index in [1.165, 1.54) is 0 Å². The van der Waals surface area contributed by atoms with Crippen molar-refractivity contribution in [3.8, 4) is 0 Å². The van der Waals surface area contributed by atoms with Gasteiger partial charge in [0.25, 0.3) is 0 Å². The minimum atomic E-state index is -1.02. The zero-order valence-corrected chi connectivity index (χ0v) is 15.2. The standard InChI is InChI=1S/C19H30N2O4/c1-3-8-21(9-10-24-2)18-16(22)11-14-12-17(25-13-19(14,18)23)15-6-4-5-7-20-15/h4-7,14,16-18,22-23H,3,8-13H2,1-2H3/t14-,16+,17-,18-,19-/m1/s1. The van der Waals surface area contributed by atoms with Gasteiger partial charge in [-0.2, -0.15) is 0 Å². The molecule has 0 aromatic carbocycles. The zero-order chi connectivity index (χ0) is 17.9. The Morgan fingerprint density at radius 1 is 1.36 bits per heavy atom. The molecule has 2 aliphatic rings. The van der Waals surface area contributed by atoms with E-state index < -0.39 is 11.7 Å². The van der Waals surface area contributed by atoms with Crippen LogP contribution in [-0.2, 0) is 9.47 Å². The second-order valence-corrected chi connectivity index (χ2v) is 7.25. The highest BCUT2D eigenvalue weighted by atomic mass is 16.5. The van der Waals surface area contributed by atoms with Crippen LogP contribution in [0.1, 0.15) is 38.0 Å². The van der Waals surface area contributed by atoms with E-state index in [2.05, 4.69) is 16.8 Å². The Morgan fingerprint density at radius 2 is 2.20 bits per heavy atom. The third-order valence-electron chi connectivity index (χ3n) is 5.63. The normalized spacial score (nSPS) is 35.1. The molecule has 3 rings (SSSR count). The van der Waals surface area contributed by atoms with Gasteiger partial charge in [0.1, 0.15) is 5.60 Å². The van der Waals surface area contributed by atoms with Crippen LogP contribution in [-0.4, -0.2) is 71.3 Å². The van der Waals surface area contributed by atoms with Crippen molar-refractivity contribution in [1.82, 2.24) is 9.88 Å². The summed E-state index contributed by atoms with van der Waals surface area (Å²) in [5.41, 5.74) is -0.125. The van der Waals surface area contributed by atoms with Crippen molar-refractivity contribution in [3.63, 3.8) is 0 Å². The molecule has 140 valence electrons. The number of hydrogen-bond donors (Lipinski definition) is 2. The lowest BCUT2D eigenvalue weighted by Crippen LogP contribution is -2.60. The van der Waals surface area contributed by atoms with Crippen LogP contribution in [0.25, 0.3) is 0 Å². The SMILES string of the molecule is CCCN(CCOC)[C@@H]1[C@@H](O)C[C@@H]2C[C@H](c3ccccn3)OC[C@@]21O. The average Bonchev–Trinajstić information content (AvgIpc) is 2.88. The third kappa shape index (κ3) is 3.73. The summed E-state index contributed by atoms with van der Waals surface area (Å²) in [6.45, 7) is 4.45. The quantitative estimate of drug-likeness (QED) is 0.774. The zero-order valence-electron chi connectivity index (χ0n) is 15.2. The maximum absolute atomic E-state index is 11.4. The fourth-order valence-corrected chi connectivity index (χ4v) is 4.48. The molecule has 6 heteroatoms. The first-order valence-corrected chi connectivity index (χ1v) is 9.26. The van der Waals surface area contributed by atoms with Gasteiger partial charge in [-0.05, 0) is 43.9 Å². The Labute approximate surface area is 149 Å². The van der Waals surface area contributed by atoms with E-state index in [0.29, 0.717) is 26.0 Å². The molecule has 6 nitrogen and oxygen atoms in total. The highest BCUT2D eigenvalue weighted by Gasteiger charge is 2.58. The molecule has 0 spiro atoms. The van der Waals surface area contributed by atoms with Crippen molar-refractivity contribution in [2.75, 3.05) is 33.4 Å². The molecule has 5 atom stereocenters. The topological polar surface area (TPSA) is 75.1 Å². The van der Waals surface area contributed by atoms with Gasteiger partial charge in [0.2, 0.25) is 0 Å².